The first-order valence-electron chi connectivity index (χ1n) is 5.48. The van der Waals surface area contributed by atoms with E-state index in [4.69, 9.17) is 0 Å². The molecule has 3 heteroatoms. The van der Waals surface area contributed by atoms with Gasteiger partial charge in [0.2, 0.25) is 0 Å². The summed E-state index contributed by atoms with van der Waals surface area (Å²) >= 11 is 1.87. The van der Waals surface area contributed by atoms with Crippen LogP contribution in [0.25, 0.3) is 0 Å². The molecule has 2 nitrogen and oxygen atoms in total. The van der Waals surface area contributed by atoms with E-state index < -0.39 is 0 Å². The summed E-state index contributed by atoms with van der Waals surface area (Å²) in [5, 5.41) is 13.5. The van der Waals surface area contributed by atoms with E-state index in [1.165, 1.54) is 0 Å². The standard InChI is InChI=1S/C11H25NOS/c1-5-11(6-2,9-13)8-12-7-10(3)14-4/h10,12-13H,5-9H2,1-4H3. The number of aliphatic hydroxyl groups is 1. The maximum atomic E-state index is 9.35. The SMILES string of the molecule is CCC(CC)(CO)CNCC(C)SC. The molecule has 14 heavy (non-hydrogen) atoms. The van der Waals surface area contributed by atoms with Gasteiger partial charge in [0.25, 0.3) is 0 Å². The van der Waals surface area contributed by atoms with Crippen molar-refractivity contribution in [2.24, 2.45) is 5.41 Å². The highest BCUT2D eigenvalue weighted by Gasteiger charge is 2.24. The monoisotopic (exact) mass is 219 g/mol. The van der Waals surface area contributed by atoms with Gasteiger partial charge in [0.15, 0.2) is 0 Å². The van der Waals surface area contributed by atoms with Crippen molar-refractivity contribution in [1.29, 1.82) is 0 Å². The van der Waals surface area contributed by atoms with Gasteiger partial charge in [-0.25, -0.2) is 0 Å². The Bertz CT molecular complexity index is 129. The Kier molecular flexibility index (Phi) is 7.69. The molecule has 0 aromatic heterocycles. The third-order valence-electron chi connectivity index (χ3n) is 3.17. The van der Waals surface area contributed by atoms with E-state index in [9.17, 15) is 5.11 Å². The molecule has 0 aliphatic heterocycles. The van der Waals surface area contributed by atoms with Gasteiger partial charge in [0, 0.05) is 30.4 Å². The molecule has 0 aliphatic rings. The van der Waals surface area contributed by atoms with Crippen LogP contribution in [-0.2, 0) is 0 Å². The van der Waals surface area contributed by atoms with E-state index >= 15 is 0 Å². The average Bonchev–Trinajstić information content (AvgIpc) is 2.25. The lowest BCUT2D eigenvalue weighted by atomic mass is 9.83. The molecule has 86 valence electrons. The zero-order valence-corrected chi connectivity index (χ0v) is 10.8. The third-order valence-corrected chi connectivity index (χ3v) is 4.14. The van der Waals surface area contributed by atoms with Crippen LogP contribution in [0.3, 0.4) is 0 Å². The van der Waals surface area contributed by atoms with E-state index in [0.717, 1.165) is 25.9 Å². The lowest BCUT2D eigenvalue weighted by molar-refractivity contribution is 0.113. The van der Waals surface area contributed by atoms with Crippen molar-refractivity contribution < 1.29 is 5.11 Å². The molecular formula is C11H25NOS. The summed E-state index contributed by atoms with van der Waals surface area (Å²) in [5.74, 6) is 0. The number of aliphatic hydroxyl groups excluding tert-OH is 1. The fraction of sp³-hybridized carbons (Fsp3) is 1.00. The summed E-state index contributed by atoms with van der Waals surface area (Å²) in [4.78, 5) is 0. The highest BCUT2D eigenvalue weighted by Crippen LogP contribution is 2.24. The van der Waals surface area contributed by atoms with Crippen molar-refractivity contribution in [3.8, 4) is 0 Å². The summed E-state index contributed by atoms with van der Waals surface area (Å²) in [5.41, 5.74) is 0.0954. The Morgan fingerprint density at radius 1 is 1.36 bits per heavy atom. The van der Waals surface area contributed by atoms with E-state index in [2.05, 4.69) is 32.3 Å². The molecule has 0 saturated carbocycles. The fourth-order valence-corrected chi connectivity index (χ4v) is 1.69. The van der Waals surface area contributed by atoms with Crippen LogP contribution in [-0.4, -0.2) is 36.3 Å². The van der Waals surface area contributed by atoms with Gasteiger partial charge in [-0.1, -0.05) is 20.8 Å². The average molecular weight is 219 g/mol. The zero-order chi connectivity index (χ0) is 11.0. The minimum Gasteiger partial charge on any atom is -0.396 e. The van der Waals surface area contributed by atoms with E-state index in [1.54, 1.807) is 0 Å². The van der Waals surface area contributed by atoms with Gasteiger partial charge in [0.05, 0.1) is 0 Å². The maximum Gasteiger partial charge on any atom is 0.0499 e. The van der Waals surface area contributed by atoms with Gasteiger partial charge < -0.3 is 10.4 Å². The normalized spacial score (nSPS) is 14.4. The molecule has 0 aliphatic carbocycles. The number of rotatable bonds is 8. The molecule has 0 spiro atoms. The Labute approximate surface area is 92.9 Å². The Balaban J connectivity index is 3.82. The summed E-state index contributed by atoms with van der Waals surface area (Å²) in [7, 11) is 0. The first kappa shape index (κ1) is 14.3. The molecule has 0 aromatic rings. The van der Waals surface area contributed by atoms with Gasteiger partial charge in [0.1, 0.15) is 0 Å². The molecule has 2 N–H and O–H groups in total. The Morgan fingerprint density at radius 3 is 2.29 bits per heavy atom. The highest BCUT2D eigenvalue weighted by molar-refractivity contribution is 7.99. The number of nitrogens with one attached hydrogen (secondary N) is 1. The number of thioether (sulfide) groups is 1. The predicted octanol–water partition coefficient (Wildman–Crippen LogP) is 2.13. The first-order chi connectivity index (χ1) is 6.64. The van der Waals surface area contributed by atoms with Gasteiger partial charge >= 0.3 is 0 Å². The molecule has 0 fully saturated rings. The molecule has 0 heterocycles. The van der Waals surface area contributed by atoms with E-state index in [-0.39, 0.29) is 5.41 Å². The van der Waals surface area contributed by atoms with Crippen LogP contribution in [0.1, 0.15) is 33.6 Å². The highest BCUT2D eigenvalue weighted by atomic mass is 32.2. The Morgan fingerprint density at radius 2 is 1.93 bits per heavy atom. The molecule has 0 saturated heterocycles. The fourth-order valence-electron chi connectivity index (χ4n) is 1.40. The molecule has 0 bridgehead atoms. The third kappa shape index (κ3) is 4.67. The van der Waals surface area contributed by atoms with E-state index in [0.29, 0.717) is 11.9 Å². The van der Waals surface area contributed by atoms with E-state index in [1.807, 2.05) is 11.8 Å². The molecule has 0 radical (unpaired) electrons. The minimum absolute atomic E-state index is 0.0954. The van der Waals surface area contributed by atoms with Crippen molar-refractivity contribution in [3.63, 3.8) is 0 Å². The second-order valence-electron chi connectivity index (χ2n) is 4.04. The van der Waals surface area contributed by atoms with Crippen LogP contribution < -0.4 is 5.32 Å². The second kappa shape index (κ2) is 7.55. The topological polar surface area (TPSA) is 32.3 Å². The minimum atomic E-state index is 0.0954. The van der Waals surface area contributed by atoms with Crippen LogP contribution in [0.15, 0.2) is 0 Å². The summed E-state index contributed by atoms with van der Waals surface area (Å²) in [6.45, 7) is 8.78. The second-order valence-corrected chi connectivity index (χ2v) is 5.32. The zero-order valence-electron chi connectivity index (χ0n) is 9.97. The van der Waals surface area contributed by atoms with Crippen LogP contribution in [0.4, 0.5) is 0 Å². The molecule has 1 atom stereocenters. The lowest BCUT2D eigenvalue weighted by Crippen LogP contribution is -2.38. The summed E-state index contributed by atoms with van der Waals surface area (Å²) in [6.07, 6.45) is 4.21. The maximum absolute atomic E-state index is 9.35. The molecule has 0 amide bonds. The largest absolute Gasteiger partial charge is 0.396 e. The molecule has 0 rings (SSSR count). The van der Waals surface area contributed by atoms with Gasteiger partial charge in [-0.15, -0.1) is 0 Å². The van der Waals surface area contributed by atoms with Crippen LogP contribution >= 0.6 is 11.8 Å². The quantitative estimate of drug-likeness (QED) is 0.656. The van der Waals surface area contributed by atoms with Crippen molar-refractivity contribution in [3.05, 3.63) is 0 Å². The lowest BCUT2D eigenvalue weighted by Gasteiger charge is -2.30. The molecular weight excluding hydrogens is 194 g/mol. The predicted molar refractivity (Wildman–Crippen MR) is 65.9 cm³/mol. The van der Waals surface area contributed by atoms with Gasteiger partial charge in [-0.2, -0.15) is 11.8 Å². The Hall–Kier alpha value is 0.270. The smallest absolute Gasteiger partial charge is 0.0499 e. The molecule has 0 aromatic carbocycles. The number of hydrogen-bond acceptors (Lipinski definition) is 3. The van der Waals surface area contributed by atoms with Crippen LogP contribution in [0.5, 0.6) is 0 Å². The van der Waals surface area contributed by atoms with Gasteiger partial charge in [-0.3, -0.25) is 0 Å². The summed E-state index contributed by atoms with van der Waals surface area (Å²) in [6, 6.07) is 0. The van der Waals surface area contributed by atoms with Crippen LogP contribution in [0.2, 0.25) is 0 Å². The van der Waals surface area contributed by atoms with Gasteiger partial charge in [-0.05, 0) is 19.1 Å². The van der Waals surface area contributed by atoms with Crippen molar-refractivity contribution >= 4 is 11.8 Å². The first-order valence-corrected chi connectivity index (χ1v) is 6.77. The number of hydrogen-bond donors (Lipinski definition) is 2. The van der Waals surface area contributed by atoms with Crippen LogP contribution in [0, 0.1) is 5.41 Å². The van der Waals surface area contributed by atoms with Crippen molar-refractivity contribution in [1.82, 2.24) is 5.32 Å². The van der Waals surface area contributed by atoms with Crippen molar-refractivity contribution in [2.45, 2.75) is 38.9 Å². The summed E-state index contributed by atoms with van der Waals surface area (Å²) < 4.78 is 0. The van der Waals surface area contributed by atoms with Crippen molar-refractivity contribution in [2.75, 3.05) is 26.0 Å². The molecule has 1 unspecified atom stereocenters.